The van der Waals surface area contributed by atoms with Gasteiger partial charge in [0.05, 0.1) is 131 Å². The number of hydrogen-bond acceptors (Lipinski definition) is 29. The molecular formula is C86H74N38OS2. The number of nitrogens with one attached hydrogen (secondary N) is 5. The van der Waals surface area contributed by atoms with Crippen LogP contribution in [0, 0.1) is 0 Å². The lowest BCUT2D eigenvalue weighted by Crippen LogP contribution is -2.04. The van der Waals surface area contributed by atoms with Crippen LogP contribution < -0.4 is 31.3 Å². The lowest BCUT2D eigenvalue weighted by atomic mass is 10.3. The van der Waals surface area contributed by atoms with Crippen molar-refractivity contribution in [2.45, 2.75) is 18.8 Å². The predicted molar refractivity (Wildman–Crippen MR) is 482 cm³/mol. The molecule has 626 valence electrons. The van der Waals surface area contributed by atoms with Crippen LogP contribution >= 0.6 is 22.7 Å². The summed E-state index contributed by atoms with van der Waals surface area (Å²) in [6.07, 6.45) is 53.6. The number of aryl methyl sites for hydroxylation is 5. The zero-order valence-corrected chi connectivity index (χ0v) is 70.2. The second-order valence-electron chi connectivity index (χ2n) is 29.0. The zero-order valence-electron chi connectivity index (χ0n) is 68.5. The number of aromatic nitrogens is 33. The average molecular weight is 1720 g/mol. The van der Waals surface area contributed by atoms with Gasteiger partial charge in [0.2, 0.25) is 5.13 Å². The highest BCUT2D eigenvalue weighted by atomic mass is 32.1. The Bertz CT molecular complexity index is 7720. The molecule has 0 unspecified atom stereocenters. The summed E-state index contributed by atoms with van der Waals surface area (Å²) in [5.74, 6) is 5.52. The number of methoxy groups -OCH3 is 1. The fraction of sp³-hybridized carbons (Fsp3) is 0.105. The SMILES string of the molecule is COc1ccccc1Nc1nccn2c(-c3cnn(C)c3)cnc12.Cn1cc(-c2cnc3c(Nc4ccc(-n5cncn5)cc4)nccn23)cn1.Cn1cc(-c2cnc3c(Nc4ccnn4-c4ccccc4)nccn23)cn1.Cn1cc(-c2cnc3c(Nc4nc5ccccc5s4)nccn23)cn1.Cn1cc(-c2cnc3c(Nc4nnc(C5CC5)s4)nccn23)cn1. The number of thiazole rings is 1. The van der Waals surface area contributed by atoms with Crippen LogP contribution in [-0.4, -0.2) is 168 Å². The van der Waals surface area contributed by atoms with Crippen molar-refractivity contribution < 1.29 is 4.74 Å². The molecule has 41 heteroatoms. The number of hydrogen-bond donors (Lipinski definition) is 5. The smallest absolute Gasteiger partial charge is 0.211 e. The van der Waals surface area contributed by atoms with Crippen LogP contribution in [0.15, 0.2) is 283 Å². The fourth-order valence-corrected chi connectivity index (χ4v) is 15.9. The number of fused-ring (bicyclic) bond motifs is 6. The van der Waals surface area contributed by atoms with Crippen LogP contribution in [-0.2, 0) is 35.2 Å². The van der Waals surface area contributed by atoms with Gasteiger partial charge < -0.3 is 31.3 Å². The van der Waals surface area contributed by atoms with Crippen molar-refractivity contribution in [3.63, 3.8) is 0 Å². The second-order valence-corrected chi connectivity index (χ2v) is 31.0. The zero-order chi connectivity index (χ0) is 85.9. The third-order valence-electron chi connectivity index (χ3n) is 20.3. The molecule has 5 N–H and O–H groups in total. The van der Waals surface area contributed by atoms with E-state index in [4.69, 9.17) is 4.74 Å². The van der Waals surface area contributed by atoms with Crippen molar-refractivity contribution in [3.05, 3.63) is 288 Å². The maximum absolute atomic E-state index is 5.38. The number of anilines is 10. The lowest BCUT2D eigenvalue weighted by molar-refractivity contribution is 0.417. The molecule has 19 aromatic heterocycles. The Balaban J connectivity index is 0.0000001000. The number of benzene rings is 4. The first-order valence-electron chi connectivity index (χ1n) is 39.7. The van der Waals surface area contributed by atoms with E-state index in [0.29, 0.717) is 35.0 Å². The molecule has 0 bridgehead atoms. The van der Waals surface area contributed by atoms with Gasteiger partial charge in [-0.1, -0.05) is 65.1 Å². The van der Waals surface area contributed by atoms with E-state index in [1.165, 1.54) is 19.2 Å². The topological polar surface area (TPSA) is 397 Å². The van der Waals surface area contributed by atoms with Gasteiger partial charge >= 0.3 is 0 Å². The molecule has 1 aliphatic carbocycles. The van der Waals surface area contributed by atoms with Crippen molar-refractivity contribution in [2.24, 2.45) is 35.2 Å². The summed E-state index contributed by atoms with van der Waals surface area (Å²) >= 11 is 3.18. The number of imidazole rings is 5. The minimum atomic E-state index is 0.602. The Labute approximate surface area is 727 Å². The van der Waals surface area contributed by atoms with Gasteiger partial charge in [0.15, 0.2) is 62.5 Å². The summed E-state index contributed by atoms with van der Waals surface area (Å²) in [5.41, 5.74) is 18.2. The Kier molecular flexibility index (Phi) is 21.1. The molecule has 0 saturated heterocycles. The van der Waals surface area contributed by atoms with Gasteiger partial charge in [-0.25, -0.2) is 69.2 Å². The van der Waals surface area contributed by atoms with E-state index < -0.39 is 0 Å². The third-order valence-corrected chi connectivity index (χ3v) is 22.3. The molecule has 23 aromatic rings. The first-order valence-corrected chi connectivity index (χ1v) is 41.3. The summed E-state index contributed by atoms with van der Waals surface area (Å²) in [7, 11) is 11.1. The highest BCUT2D eigenvalue weighted by Crippen LogP contribution is 2.43. The fourth-order valence-electron chi connectivity index (χ4n) is 14.1. The molecule has 0 amide bonds. The summed E-state index contributed by atoms with van der Waals surface area (Å²) in [6.45, 7) is 0. The van der Waals surface area contributed by atoms with Crippen LogP contribution in [0.2, 0.25) is 0 Å². The normalized spacial score (nSPS) is 11.8. The monoisotopic (exact) mass is 1720 g/mol. The predicted octanol–water partition coefficient (Wildman–Crippen LogP) is 14.5. The van der Waals surface area contributed by atoms with E-state index in [1.54, 1.807) is 101 Å². The number of nitrogens with zero attached hydrogens (tertiary/aromatic N) is 33. The van der Waals surface area contributed by atoms with Crippen LogP contribution in [0.5, 0.6) is 5.75 Å². The summed E-state index contributed by atoms with van der Waals surface area (Å²) in [4.78, 5) is 53.4. The molecular weight excluding hydrogens is 1650 g/mol. The van der Waals surface area contributed by atoms with E-state index in [0.717, 1.165) is 144 Å². The third kappa shape index (κ3) is 16.5. The Hall–Kier alpha value is -17.4. The molecule has 39 nitrogen and oxygen atoms in total. The first kappa shape index (κ1) is 78.2. The standard InChI is InChI=1S/C19H16N8.C18H15N9.C17H13N7S.C17H16N6O.C15H14N8S/c1-25-13-14(11-23-25)16-12-21-19-18(20-9-10-26(16)19)24-17-7-8-22-27(17)15-5-3-2-4-6-15;1-25-10-13(8-22-25)16-9-21-18-17(20-6-7-26(16)18)24-14-2-4-15(5-3-14)27-12-19-11-23-27;1-23-10-11(8-20-23)13-9-19-16-15(18-6-7-24(13)16)22-17-21-12-4-2-3-5-14(12)25-17;1-22-11-12(9-20-22)14-10-19-17-16(18-7-8-23(14)17)21-13-5-3-4-6-15(13)24-2;1-22-8-10(6-18-22)11-7-17-13-12(16-4-5-23(11)13)19-15-21-20-14(24-15)9-2-3-9/h2-13H,1H3,(H,20,24);2-12H,1H3,(H,20,24);2-10H,1H3,(H,18,21,22);3-11H,1-2H3,(H,18,21);4-9H,2-3H2,1H3,(H,16,19,21). The van der Waals surface area contributed by atoms with Gasteiger partial charge in [-0.3, -0.25) is 45.4 Å². The summed E-state index contributed by atoms with van der Waals surface area (Å²) in [5, 5.41) is 57.3. The largest absolute Gasteiger partial charge is 0.495 e. The van der Waals surface area contributed by atoms with Crippen molar-refractivity contribution in [3.8, 4) is 73.4 Å². The van der Waals surface area contributed by atoms with E-state index in [-0.39, 0.29) is 0 Å². The number of ether oxygens (including phenoxy) is 1. The molecule has 127 heavy (non-hydrogen) atoms. The molecule has 4 aromatic carbocycles. The van der Waals surface area contributed by atoms with Crippen molar-refractivity contribution >= 4 is 118 Å². The maximum Gasteiger partial charge on any atom is 0.211 e. The van der Waals surface area contributed by atoms with Crippen LogP contribution in [0.25, 0.3) is 106 Å². The molecule has 0 spiro atoms. The Morgan fingerprint density at radius 2 is 0.803 bits per heavy atom. The van der Waals surface area contributed by atoms with E-state index >= 15 is 0 Å². The van der Waals surface area contributed by atoms with E-state index in [9.17, 15) is 0 Å². The average Bonchev–Trinajstić information content (AvgIpc) is 1.53. The van der Waals surface area contributed by atoms with Gasteiger partial charge in [-0.15, -0.1) is 10.2 Å². The Morgan fingerprint density at radius 1 is 0.370 bits per heavy atom. The maximum atomic E-state index is 5.38. The van der Waals surface area contributed by atoms with E-state index in [1.807, 2.05) is 289 Å². The highest BCUT2D eigenvalue weighted by molar-refractivity contribution is 7.22. The highest BCUT2D eigenvalue weighted by Gasteiger charge is 2.28. The van der Waals surface area contributed by atoms with Gasteiger partial charge in [-0.05, 0) is 73.5 Å². The molecule has 1 aliphatic rings. The van der Waals surface area contributed by atoms with Crippen LogP contribution in [0.3, 0.4) is 0 Å². The Morgan fingerprint density at radius 3 is 1.24 bits per heavy atom. The van der Waals surface area contributed by atoms with Crippen molar-refractivity contribution in [2.75, 3.05) is 33.7 Å². The quantitative estimate of drug-likeness (QED) is 0.0502. The molecule has 0 radical (unpaired) electrons. The second kappa shape index (κ2) is 34.3. The molecule has 0 atom stereocenters. The van der Waals surface area contributed by atoms with Crippen molar-refractivity contribution in [1.29, 1.82) is 0 Å². The van der Waals surface area contributed by atoms with Crippen LogP contribution in [0.1, 0.15) is 23.8 Å². The molecule has 0 aliphatic heterocycles. The van der Waals surface area contributed by atoms with E-state index in [2.05, 4.69) is 138 Å². The molecule has 1 saturated carbocycles. The molecule has 1 fully saturated rings. The molecule has 24 rings (SSSR count). The molecule has 19 heterocycles. The van der Waals surface area contributed by atoms with Crippen molar-refractivity contribution in [1.82, 2.24) is 160 Å². The minimum absolute atomic E-state index is 0.602. The lowest BCUT2D eigenvalue weighted by Gasteiger charge is -2.11. The summed E-state index contributed by atoms with van der Waals surface area (Å²) < 4.78 is 28.9. The minimum Gasteiger partial charge on any atom is -0.495 e. The first-order chi connectivity index (χ1) is 62.4. The van der Waals surface area contributed by atoms with Crippen LogP contribution in [0.4, 0.5) is 56.5 Å². The van der Waals surface area contributed by atoms with Gasteiger partial charge in [0, 0.05) is 174 Å². The van der Waals surface area contributed by atoms with Gasteiger partial charge in [0.25, 0.3) is 0 Å². The number of para-hydroxylation sites is 4. The number of rotatable bonds is 19. The van der Waals surface area contributed by atoms with Gasteiger partial charge in [0.1, 0.15) is 29.2 Å². The van der Waals surface area contributed by atoms with Gasteiger partial charge in [-0.2, -0.15) is 35.7 Å². The summed E-state index contributed by atoms with van der Waals surface area (Å²) in [6, 6.07) is 35.5.